The molecule has 0 bridgehead atoms. The molecule has 2 aromatic carbocycles. The SMILES string of the molecule is O=C(O)c1cc([N+](=O)[O-])cc([N+](=O)[O-])c1OCC(=O)N1CCN(Cc2ccc(Cl)cc2)CC1. The summed E-state index contributed by atoms with van der Waals surface area (Å²) in [5.74, 6) is -2.84. The van der Waals surface area contributed by atoms with Crippen LogP contribution in [-0.2, 0) is 11.3 Å². The second kappa shape index (κ2) is 10.2. The molecule has 1 heterocycles. The summed E-state index contributed by atoms with van der Waals surface area (Å²) in [7, 11) is 0. The van der Waals surface area contributed by atoms with Gasteiger partial charge in [-0.2, -0.15) is 0 Å². The van der Waals surface area contributed by atoms with Crippen LogP contribution in [0.3, 0.4) is 0 Å². The zero-order valence-corrected chi connectivity index (χ0v) is 17.9. The van der Waals surface area contributed by atoms with Crippen molar-refractivity contribution < 1.29 is 29.3 Å². The second-order valence-electron chi connectivity index (χ2n) is 7.23. The summed E-state index contributed by atoms with van der Waals surface area (Å²) >= 11 is 5.89. The molecule has 0 spiro atoms. The van der Waals surface area contributed by atoms with Crippen molar-refractivity contribution >= 4 is 34.9 Å². The van der Waals surface area contributed by atoms with Crippen molar-refractivity contribution in [3.8, 4) is 5.75 Å². The van der Waals surface area contributed by atoms with Gasteiger partial charge in [0.25, 0.3) is 11.6 Å². The quantitative estimate of drug-likeness (QED) is 0.444. The molecule has 1 aliphatic heterocycles. The van der Waals surface area contributed by atoms with E-state index >= 15 is 0 Å². The molecule has 1 amide bonds. The van der Waals surface area contributed by atoms with E-state index in [9.17, 15) is 34.9 Å². The molecule has 2 aromatic rings. The van der Waals surface area contributed by atoms with Gasteiger partial charge in [0.15, 0.2) is 6.61 Å². The Balaban J connectivity index is 1.64. The molecule has 33 heavy (non-hydrogen) atoms. The molecule has 0 aliphatic carbocycles. The lowest BCUT2D eigenvalue weighted by Gasteiger charge is -2.34. The van der Waals surface area contributed by atoms with Crippen LogP contribution in [0.25, 0.3) is 0 Å². The maximum atomic E-state index is 12.6. The van der Waals surface area contributed by atoms with E-state index in [1.54, 1.807) is 12.1 Å². The number of carboxylic acid groups (broad SMARTS) is 1. The highest BCUT2D eigenvalue weighted by atomic mass is 35.5. The number of benzene rings is 2. The van der Waals surface area contributed by atoms with Crippen LogP contribution in [0.2, 0.25) is 5.02 Å². The van der Waals surface area contributed by atoms with Crippen molar-refractivity contribution in [1.82, 2.24) is 9.80 Å². The number of piperazine rings is 1. The molecule has 12 nitrogen and oxygen atoms in total. The van der Waals surface area contributed by atoms with Gasteiger partial charge in [0.2, 0.25) is 5.75 Å². The zero-order valence-electron chi connectivity index (χ0n) is 17.2. The van der Waals surface area contributed by atoms with Gasteiger partial charge in [-0.15, -0.1) is 0 Å². The monoisotopic (exact) mass is 478 g/mol. The molecule has 174 valence electrons. The first kappa shape index (κ1) is 23.9. The van der Waals surface area contributed by atoms with Crippen molar-refractivity contribution in [3.63, 3.8) is 0 Å². The van der Waals surface area contributed by atoms with Gasteiger partial charge in [0.05, 0.1) is 15.9 Å². The number of hydrogen-bond donors (Lipinski definition) is 1. The Labute approximate surface area is 192 Å². The van der Waals surface area contributed by atoms with Crippen molar-refractivity contribution in [2.75, 3.05) is 32.8 Å². The summed E-state index contributed by atoms with van der Waals surface area (Å²) in [6.45, 7) is 2.01. The van der Waals surface area contributed by atoms with E-state index in [4.69, 9.17) is 16.3 Å². The lowest BCUT2D eigenvalue weighted by Crippen LogP contribution is -2.49. The number of carbonyl (C=O) groups excluding carboxylic acids is 1. The van der Waals surface area contributed by atoms with Gasteiger partial charge < -0.3 is 14.7 Å². The molecule has 0 radical (unpaired) electrons. The molecule has 1 aliphatic rings. The Bertz CT molecular complexity index is 1050. The Morgan fingerprint density at radius 1 is 1.03 bits per heavy atom. The smallest absolute Gasteiger partial charge is 0.340 e. The number of nitro groups is 2. The van der Waals surface area contributed by atoms with Crippen molar-refractivity contribution in [2.45, 2.75) is 6.54 Å². The minimum atomic E-state index is -1.65. The fourth-order valence-corrected chi connectivity index (χ4v) is 3.50. The third kappa shape index (κ3) is 5.93. The molecule has 0 unspecified atom stereocenters. The maximum Gasteiger partial charge on any atom is 0.340 e. The van der Waals surface area contributed by atoms with Crippen LogP contribution < -0.4 is 4.74 Å². The summed E-state index contributed by atoms with van der Waals surface area (Å²) in [4.78, 5) is 48.1. The van der Waals surface area contributed by atoms with Gasteiger partial charge in [-0.25, -0.2) is 4.79 Å². The summed E-state index contributed by atoms with van der Waals surface area (Å²) in [6.07, 6.45) is 0. The number of ether oxygens (including phenoxy) is 1. The average molecular weight is 479 g/mol. The first-order valence-corrected chi connectivity index (χ1v) is 10.1. The van der Waals surface area contributed by atoms with Crippen LogP contribution in [0.4, 0.5) is 11.4 Å². The number of nitrogens with zero attached hydrogens (tertiary/aromatic N) is 4. The normalized spacial score (nSPS) is 14.0. The van der Waals surface area contributed by atoms with Crippen molar-refractivity contribution in [1.29, 1.82) is 0 Å². The first-order valence-electron chi connectivity index (χ1n) is 9.73. The number of halogens is 1. The number of aromatic carboxylic acids is 1. The summed E-state index contributed by atoms with van der Waals surface area (Å²) in [6, 6.07) is 8.70. The number of rotatable bonds is 8. The summed E-state index contributed by atoms with van der Waals surface area (Å²) in [5, 5.41) is 32.3. The lowest BCUT2D eigenvalue weighted by molar-refractivity contribution is -0.394. The molecule has 0 atom stereocenters. The molecule has 1 saturated heterocycles. The van der Waals surface area contributed by atoms with E-state index in [0.717, 1.165) is 5.56 Å². The van der Waals surface area contributed by atoms with Gasteiger partial charge in [-0.3, -0.25) is 29.9 Å². The van der Waals surface area contributed by atoms with Crippen LogP contribution in [0, 0.1) is 20.2 Å². The number of amides is 1. The highest BCUT2D eigenvalue weighted by molar-refractivity contribution is 6.30. The van der Waals surface area contributed by atoms with Gasteiger partial charge >= 0.3 is 11.7 Å². The second-order valence-corrected chi connectivity index (χ2v) is 7.67. The predicted octanol–water partition coefficient (Wildman–Crippen LogP) is 2.58. The number of hydrogen-bond acceptors (Lipinski definition) is 8. The highest BCUT2D eigenvalue weighted by Crippen LogP contribution is 2.35. The number of nitro benzene ring substituents is 2. The van der Waals surface area contributed by atoms with Crippen LogP contribution in [0.5, 0.6) is 5.75 Å². The molecule has 1 fully saturated rings. The van der Waals surface area contributed by atoms with E-state index in [0.29, 0.717) is 49.9 Å². The van der Waals surface area contributed by atoms with Crippen LogP contribution in [-0.4, -0.2) is 69.4 Å². The zero-order chi connectivity index (χ0) is 24.1. The van der Waals surface area contributed by atoms with Gasteiger partial charge in [-0.1, -0.05) is 23.7 Å². The topological polar surface area (TPSA) is 156 Å². The Morgan fingerprint density at radius 2 is 1.67 bits per heavy atom. The third-order valence-corrected chi connectivity index (χ3v) is 5.33. The average Bonchev–Trinajstić information content (AvgIpc) is 2.78. The molecule has 0 aromatic heterocycles. The number of carbonyl (C=O) groups is 2. The molecular formula is C20H19ClN4O8. The number of non-ortho nitro benzene ring substituents is 1. The molecule has 13 heteroatoms. The Morgan fingerprint density at radius 3 is 2.21 bits per heavy atom. The van der Waals surface area contributed by atoms with Crippen LogP contribution in [0.1, 0.15) is 15.9 Å². The Kier molecular flexibility index (Phi) is 7.41. The summed E-state index contributed by atoms with van der Waals surface area (Å²) < 4.78 is 5.21. The minimum Gasteiger partial charge on any atom is -0.478 e. The van der Waals surface area contributed by atoms with Crippen molar-refractivity contribution in [3.05, 3.63) is 72.8 Å². The summed E-state index contributed by atoms with van der Waals surface area (Å²) in [5.41, 5.74) is -1.36. The van der Waals surface area contributed by atoms with E-state index in [-0.39, 0.29) is 0 Å². The van der Waals surface area contributed by atoms with Crippen LogP contribution in [0.15, 0.2) is 36.4 Å². The first-order chi connectivity index (χ1) is 15.7. The standard InChI is InChI=1S/C20H19ClN4O8/c21-14-3-1-13(2-4-14)11-22-5-7-23(8-6-22)18(26)12-33-19-16(20(27)28)9-15(24(29)30)10-17(19)25(31)32/h1-4,9-10H,5-8,11-12H2,(H,27,28). The molecule has 3 rings (SSSR count). The van der Waals surface area contributed by atoms with Gasteiger partial charge in [0, 0.05) is 43.8 Å². The minimum absolute atomic E-state index is 0.393. The maximum absolute atomic E-state index is 12.6. The van der Waals surface area contributed by atoms with Gasteiger partial charge in [-0.05, 0) is 17.7 Å². The largest absolute Gasteiger partial charge is 0.478 e. The predicted molar refractivity (Wildman–Crippen MR) is 116 cm³/mol. The van der Waals surface area contributed by atoms with Crippen molar-refractivity contribution in [2.24, 2.45) is 0 Å². The molecular weight excluding hydrogens is 460 g/mol. The lowest BCUT2D eigenvalue weighted by atomic mass is 10.1. The van der Waals surface area contributed by atoms with E-state index in [2.05, 4.69) is 4.90 Å². The number of carboxylic acids is 1. The third-order valence-electron chi connectivity index (χ3n) is 5.08. The Hall–Kier alpha value is -3.77. The molecule has 1 N–H and O–H groups in total. The van der Waals surface area contributed by atoms with Crippen LogP contribution >= 0.6 is 11.6 Å². The van der Waals surface area contributed by atoms with Gasteiger partial charge in [0.1, 0.15) is 5.56 Å². The van der Waals surface area contributed by atoms with E-state index in [1.807, 2.05) is 12.1 Å². The fraction of sp³-hybridized carbons (Fsp3) is 0.300. The highest BCUT2D eigenvalue weighted by Gasteiger charge is 2.30. The van der Waals surface area contributed by atoms with E-state index in [1.165, 1.54) is 4.90 Å². The van der Waals surface area contributed by atoms with E-state index < -0.39 is 51.0 Å². The molecule has 0 saturated carbocycles. The fourth-order valence-electron chi connectivity index (χ4n) is 3.38.